The Bertz CT molecular complexity index is 860. The van der Waals surface area contributed by atoms with Gasteiger partial charge in [-0.15, -0.1) is 0 Å². The lowest BCUT2D eigenvalue weighted by Gasteiger charge is -2.36. The molecule has 1 aliphatic heterocycles. The van der Waals surface area contributed by atoms with E-state index >= 15 is 0 Å². The van der Waals surface area contributed by atoms with Crippen LogP contribution in [0.4, 0.5) is 0 Å². The zero-order valence-electron chi connectivity index (χ0n) is 15.4. The Morgan fingerprint density at radius 3 is 2.89 bits per heavy atom. The van der Waals surface area contributed by atoms with Gasteiger partial charge in [0, 0.05) is 30.3 Å². The lowest BCUT2D eigenvalue weighted by atomic mass is 9.92. The molecular formula is C22H22N2O4. The van der Waals surface area contributed by atoms with Crippen molar-refractivity contribution in [2.75, 3.05) is 6.61 Å². The first-order chi connectivity index (χ1) is 13.7. The summed E-state index contributed by atoms with van der Waals surface area (Å²) in [5.74, 6) is -0.739. The van der Waals surface area contributed by atoms with Crippen LogP contribution in [-0.4, -0.2) is 22.7 Å². The summed E-state index contributed by atoms with van der Waals surface area (Å²) < 4.78 is 12.2. The molecule has 0 aliphatic carbocycles. The van der Waals surface area contributed by atoms with Crippen molar-refractivity contribution in [3.8, 4) is 6.07 Å². The van der Waals surface area contributed by atoms with Crippen LogP contribution in [0.3, 0.4) is 0 Å². The lowest BCUT2D eigenvalue weighted by molar-refractivity contribution is -0.244. The summed E-state index contributed by atoms with van der Waals surface area (Å²) in [5, 5.41) is 18.1. The molecule has 144 valence electrons. The van der Waals surface area contributed by atoms with Gasteiger partial charge in [-0.2, -0.15) is 5.26 Å². The van der Waals surface area contributed by atoms with Crippen molar-refractivity contribution in [1.82, 2.24) is 4.98 Å². The normalized spacial score (nSPS) is 22.0. The molecule has 2 heterocycles. The number of benzene rings is 1. The molecule has 3 atom stereocenters. The van der Waals surface area contributed by atoms with Crippen molar-refractivity contribution >= 4 is 5.97 Å². The van der Waals surface area contributed by atoms with E-state index in [-0.39, 0.29) is 18.4 Å². The van der Waals surface area contributed by atoms with Crippen LogP contribution in [0.2, 0.25) is 0 Å². The van der Waals surface area contributed by atoms with Gasteiger partial charge in [0.15, 0.2) is 6.29 Å². The van der Waals surface area contributed by atoms with Crippen molar-refractivity contribution in [1.29, 1.82) is 5.26 Å². The fraction of sp³-hybridized carbons (Fsp3) is 0.318. The third kappa shape index (κ3) is 5.03. The van der Waals surface area contributed by atoms with E-state index in [2.05, 4.69) is 11.1 Å². The number of allylic oxidation sites excluding steroid dienone is 2. The third-order valence-corrected chi connectivity index (χ3v) is 4.64. The molecule has 0 unspecified atom stereocenters. The number of rotatable bonds is 7. The summed E-state index contributed by atoms with van der Waals surface area (Å²) in [6, 6.07) is 13.3. The van der Waals surface area contributed by atoms with E-state index in [0.717, 1.165) is 5.56 Å². The molecule has 2 aromatic rings. The molecule has 1 aliphatic rings. The Morgan fingerprint density at radius 1 is 1.29 bits per heavy atom. The van der Waals surface area contributed by atoms with Crippen molar-refractivity contribution in [3.63, 3.8) is 0 Å². The standard InChI is InChI=1S/C22H22N2O4/c23-13-16-7-4-5-10-19(16)22-27-15-18(8-2-1-3-11-20(25)26)21(28-22)17-9-6-12-24-14-17/h1-2,4-7,9-10,12,14,18,21-22H,3,8,11,15H2,(H,25,26)/b2-1-/t18-,21-,22+/m1/s1. The zero-order valence-corrected chi connectivity index (χ0v) is 15.4. The molecule has 0 radical (unpaired) electrons. The Balaban J connectivity index is 1.75. The van der Waals surface area contributed by atoms with Gasteiger partial charge in [0.2, 0.25) is 0 Å². The van der Waals surface area contributed by atoms with Gasteiger partial charge in [-0.1, -0.05) is 36.4 Å². The van der Waals surface area contributed by atoms with Gasteiger partial charge in [0.1, 0.15) is 0 Å². The number of pyridine rings is 1. The van der Waals surface area contributed by atoms with Crippen molar-refractivity contribution in [2.45, 2.75) is 31.7 Å². The third-order valence-electron chi connectivity index (χ3n) is 4.64. The van der Waals surface area contributed by atoms with E-state index in [9.17, 15) is 10.1 Å². The van der Waals surface area contributed by atoms with Crippen molar-refractivity contribution in [2.24, 2.45) is 5.92 Å². The highest BCUT2D eigenvalue weighted by Gasteiger charge is 2.34. The second-order valence-corrected chi connectivity index (χ2v) is 6.61. The smallest absolute Gasteiger partial charge is 0.303 e. The molecule has 1 fully saturated rings. The number of ether oxygens (including phenoxy) is 2. The Labute approximate surface area is 164 Å². The molecule has 0 amide bonds. The minimum absolute atomic E-state index is 0.0655. The molecule has 3 rings (SSSR count). The molecule has 1 N–H and O–H groups in total. The van der Waals surface area contributed by atoms with Gasteiger partial charge >= 0.3 is 5.97 Å². The van der Waals surface area contributed by atoms with E-state index in [1.165, 1.54) is 0 Å². The van der Waals surface area contributed by atoms with Crippen LogP contribution in [0.25, 0.3) is 0 Å². The summed E-state index contributed by atoms with van der Waals surface area (Å²) in [6.45, 7) is 0.466. The average molecular weight is 378 g/mol. The van der Waals surface area contributed by atoms with Crippen LogP contribution in [-0.2, 0) is 14.3 Å². The largest absolute Gasteiger partial charge is 0.481 e. The number of aromatic nitrogens is 1. The van der Waals surface area contributed by atoms with Crippen LogP contribution in [0, 0.1) is 17.2 Å². The maximum atomic E-state index is 10.6. The number of aliphatic carboxylic acids is 1. The number of carboxylic acids is 1. The van der Waals surface area contributed by atoms with Gasteiger partial charge in [-0.3, -0.25) is 9.78 Å². The molecule has 0 spiro atoms. The second-order valence-electron chi connectivity index (χ2n) is 6.61. The highest BCUT2D eigenvalue weighted by atomic mass is 16.7. The summed E-state index contributed by atoms with van der Waals surface area (Å²) in [5.41, 5.74) is 2.20. The molecule has 1 aromatic carbocycles. The molecule has 6 heteroatoms. The van der Waals surface area contributed by atoms with Crippen molar-refractivity contribution < 1.29 is 19.4 Å². The van der Waals surface area contributed by atoms with Gasteiger partial charge in [-0.25, -0.2) is 0 Å². The van der Waals surface area contributed by atoms with E-state index < -0.39 is 12.3 Å². The first-order valence-electron chi connectivity index (χ1n) is 9.22. The van der Waals surface area contributed by atoms with E-state index in [4.69, 9.17) is 14.6 Å². The minimum atomic E-state index is -0.804. The summed E-state index contributed by atoms with van der Waals surface area (Å²) in [7, 11) is 0. The summed E-state index contributed by atoms with van der Waals surface area (Å²) in [4.78, 5) is 14.8. The lowest BCUT2D eigenvalue weighted by Crippen LogP contribution is -2.30. The second kappa shape index (κ2) is 9.79. The minimum Gasteiger partial charge on any atom is -0.481 e. The summed E-state index contributed by atoms with van der Waals surface area (Å²) >= 11 is 0. The maximum Gasteiger partial charge on any atom is 0.303 e. The molecule has 0 saturated carbocycles. The molecular weight excluding hydrogens is 356 g/mol. The molecule has 1 saturated heterocycles. The molecule has 0 bridgehead atoms. The van der Waals surface area contributed by atoms with Crippen LogP contribution in [0.1, 0.15) is 48.3 Å². The molecule has 28 heavy (non-hydrogen) atoms. The monoisotopic (exact) mass is 378 g/mol. The van der Waals surface area contributed by atoms with Crippen molar-refractivity contribution in [3.05, 3.63) is 77.6 Å². The van der Waals surface area contributed by atoms with E-state index in [0.29, 0.717) is 30.6 Å². The van der Waals surface area contributed by atoms with E-state index in [1.807, 2.05) is 42.5 Å². The maximum absolute atomic E-state index is 10.6. The van der Waals surface area contributed by atoms with Gasteiger partial charge in [0.25, 0.3) is 0 Å². The summed E-state index contributed by atoms with van der Waals surface area (Å²) in [6.07, 6.45) is 7.82. The van der Waals surface area contributed by atoms with Crippen LogP contribution in [0.5, 0.6) is 0 Å². The zero-order chi connectivity index (χ0) is 19.8. The Hall–Kier alpha value is -3.01. The van der Waals surface area contributed by atoms with Crippen LogP contribution in [0.15, 0.2) is 60.9 Å². The van der Waals surface area contributed by atoms with Crippen LogP contribution >= 0.6 is 0 Å². The number of hydrogen-bond acceptors (Lipinski definition) is 5. The molecule has 6 nitrogen and oxygen atoms in total. The number of carboxylic acid groups (broad SMARTS) is 1. The number of nitrogens with zero attached hydrogens (tertiary/aromatic N) is 2. The average Bonchev–Trinajstić information content (AvgIpc) is 2.74. The SMILES string of the molecule is N#Cc1ccccc1[C@H]1OC[C@@H](C/C=C\CCC(=O)O)[C@@H](c2cccnc2)O1. The highest BCUT2D eigenvalue weighted by molar-refractivity contribution is 5.66. The highest BCUT2D eigenvalue weighted by Crippen LogP contribution is 2.40. The quantitative estimate of drug-likeness (QED) is 0.727. The predicted molar refractivity (Wildman–Crippen MR) is 102 cm³/mol. The predicted octanol–water partition coefficient (Wildman–Crippen LogP) is 4.17. The fourth-order valence-corrected chi connectivity index (χ4v) is 3.23. The Morgan fingerprint density at radius 2 is 2.14 bits per heavy atom. The topological polar surface area (TPSA) is 92.4 Å². The van der Waals surface area contributed by atoms with Crippen LogP contribution < -0.4 is 0 Å². The van der Waals surface area contributed by atoms with Gasteiger partial charge in [0.05, 0.1) is 24.3 Å². The van der Waals surface area contributed by atoms with Gasteiger partial charge in [-0.05, 0) is 30.5 Å². The first-order valence-corrected chi connectivity index (χ1v) is 9.22. The molecule has 1 aromatic heterocycles. The first kappa shape index (κ1) is 19.7. The number of hydrogen-bond donors (Lipinski definition) is 1. The Kier molecular flexibility index (Phi) is 6.90. The van der Waals surface area contributed by atoms with Gasteiger partial charge < -0.3 is 14.6 Å². The van der Waals surface area contributed by atoms with E-state index in [1.54, 1.807) is 18.5 Å². The number of carbonyl (C=O) groups is 1. The fourth-order valence-electron chi connectivity index (χ4n) is 3.23. The number of nitriles is 1.